The molecule has 4 heteroatoms. The average molecular weight is 301 g/mol. The molecule has 1 atom stereocenters. The Labute approximate surface area is 131 Å². The fourth-order valence-electron chi connectivity index (χ4n) is 2.32. The van der Waals surface area contributed by atoms with Crippen molar-refractivity contribution >= 4 is 5.91 Å². The molecule has 118 valence electrons. The van der Waals surface area contributed by atoms with Crippen LogP contribution in [0.4, 0.5) is 0 Å². The van der Waals surface area contributed by atoms with Gasteiger partial charge in [0.1, 0.15) is 17.3 Å². The number of amides is 1. The lowest BCUT2D eigenvalue weighted by Crippen LogP contribution is -2.26. The Bertz CT molecular complexity index is 641. The second kappa shape index (κ2) is 6.69. The summed E-state index contributed by atoms with van der Waals surface area (Å²) in [5.41, 5.74) is 1.62. The molecular formula is C18H23NO3. The van der Waals surface area contributed by atoms with Gasteiger partial charge in [0.2, 0.25) is 0 Å². The van der Waals surface area contributed by atoms with E-state index in [0.717, 1.165) is 17.1 Å². The van der Waals surface area contributed by atoms with Crippen LogP contribution < -0.4 is 10.1 Å². The molecule has 1 heterocycles. The van der Waals surface area contributed by atoms with Crippen LogP contribution in [0.15, 0.2) is 34.7 Å². The number of ether oxygens (including phenoxy) is 1. The Morgan fingerprint density at radius 2 is 1.77 bits per heavy atom. The van der Waals surface area contributed by atoms with Crippen LogP contribution in [-0.4, -0.2) is 12.0 Å². The largest absolute Gasteiger partial charge is 0.491 e. The summed E-state index contributed by atoms with van der Waals surface area (Å²) in [4.78, 5) is 12.3. The Balaban J connectivity index is 2.04. The molecule has 2 rings (SSSR count). The molecule has 0 spiro atoms. The van der Waals surface area contributed by atoms with Gasteiger partial charge in [-0.2, -0.15) is 0 Å². The maximum Gasteiger partial charge on any atom is 0.255 e. The Hall–Kier alpha value is -2.23. The first kappa shape index (κ1) is 16.1. The van der Waals surface area contributed by atoms with Crippen LogP contribution in [0.5, 0.6) is 5.75 Å². The lowest BCUT2D eigenvalue weighted by Gasteiger charge is -2.15. The van der Waals surface area contributed by atoms with E-state index in [-0.39, 0.29) is 18.1 Å². The summed E-state index contributed by atoms with van der Waals surface area (Å²) in [5.74, 6) is 2.09. The summed E-state index contributed by atoms with van der Waals surface area (Å²) in [7, 11) is 0. The van der Waals surface area contributed by atoms with Crippen LogP contribution in [0.1, 0.15) is 54.3 Å². The first-order valence-electron chi connectivity index (χ1n) is 7.51. The predicted molar refractivity (Wildman–Crippen MR) is 86.3 cm³/mol. The SMILES string of the molecule is Cc1cc(C(=O)NC(C)c2ccc(OC(C)C)cc2)c(C)o1. The summed E-state index contributed by atoms with van der Waals surface area (Å²) in [6.45, 7) is 9.57. The standard InChI is InChI=1S/C18H23NO3/c1-11(2)21-16-8-6-15(7-9-16)13(4)19-18(20)17-10-12(3)22-14(17)5/h6-11,13H,1-5H3,(H,19,20). The van der Waals surface area contributed by atoms with Gasteiger partial charge in [0.25, 0.3) is 5.91 Å². The predicted octanol–water partition coefficient (Wildman–Crippen LogP) is 4.17. The van der Waals surface area contributed by atoms with Gasteiger partial charge in [-0.05, 0) is 58.4 Å². The number of nitrogens with one attached hydrogen (secondary N) is 1. The van der Waals surface area contributed by atoms with E-state index in [1.165, 1.54) is 0 Å². The molecular weight excluding hydrogens is 278 g/mol. The van der Waals surface area contributed by atoms with Crippen molar-refractivity contribution in [2.75, 3.05) is 0 Å². The summed E-state index contributed by atoms with van der Waals surface area (Å²) in [6, 6.07) is 9.45. The minimum Gasteiger partial charge on any atom is -0.491 e. The first-order valence-corrected chi connectivity index (χ1v) is 7.51. The van der Waals surface area contributed by atoms with E-state index in [4.69, 9.17) is 9.15 Å². The van der Waals surface area contributed by atoms with Gasteiger partial charge in [-0.25, -0.2) is 0 Å². The third kappa shape index (κ3) is 3.91. The second-order valence-corrected chi connectivity index (χ2v) is 5.76. The molecule has 1 aromatic heterocycles. The Kier molecular flexibility index (Phi) is 4.91. The normalized spacial score (nSPS) is 12.3. The maximum atomic E-state index is 12.3. The monoisotopic (exact) mass is 301 g/mol. The van der Waals surface area contributed by atoms with Gasteiger partial charge in [-0.15, -0.1) is 0 Å². The molecule has 0 fully saturated rings. The van der Waals surface area contributed by atoms with Crippen LogP contribution in [0.25, 0.3) is 0 Å². The summed E-state index contributed by atoms with van der Waals surface area (Å²) < 4.78 is 11.0. The second-order valence-electron chi connectivity index (χ2n) is 5.76. The number of benzene rings is 1. The minimum absolute atomic E-state index is 0.0878. The first-order chi connectivity index (χ1) is 10.4. The molecule has 1 aromatic carbocycles. The van der Waals surface area contributed by atoms with Crippen molar-refractivity contribution in [3.05, 3.63) is 53.0 Å². The van der Waals surface area contributed by atoms with Gasteiger partial charge in [-0.1, -0.05) is 12.1 Å². The van der Waals surface area contributed by atoms with E-state index in [9.17, 15) is 4.79 Å². The molecule has 0 aliphatic rings. The van der Waals surface area contributed by atoms with Crippen molar-refractivity contribution in [2.45, 2.75) is 46.8 Å². The van der Waals surface area contributed by atoms with E-state index in [2.05, 4.69) is 5.32 Å². The van der Waals surface area contributed by atoms with Gasteiger partial charge >= 0.3 is 0 Å². The van der Waals surface area contributed by atoms with Crippen molar-refractivity contribution in [3.8, 4) is 5.75 Å². The van der Waals surface area contributed by atoms with Gasteiger partial charge < -0.3 is 14.5 Å². The molecule has 0 saturated heterocycles. The topological polar surface area (TPSA) is 51.5 Å². The quantitative estimate of drug-likeness (QED) is 0.901. The number of hydrogen-bond donors (Lipinski definition) is 1. The van der Waals surface area contributed by atoms with Crippen molar-refractivity contribution in [3.63, 3.8) is 0 Å². The number of carbonyl (C=O) groups is 1. The highest BCUT2D eigenvalue weighted by Gasteiger charge is 2.16. The summed E-state index contributed by atoms with van der Waals surface area (Å²) in [6.07, 6.45) is 0.148. The maximum absolute atomic E-state index is 12.3. The molecule has 1 unspecified atom stereocenters. The third-order valence-electron chi connectivity index (χ3n) is 3.39. The fraction of sp³-hybridized carbons (Fsp3) is 0.389. The molecule has 0 bridgehead atoms. The zero-order valence-corrected chi connectivity index (χ0v) is 13.8. The van der Waals surface area contributed by atoms with E-state index < -0.39 is 0 Å². The molecule has 0 aliphatic heterocycles. The highest BCUT2D eigenvalue weighted by atomic mass is 16.5. The Morgan fingerprint density at radius 1 is 1.14 bits per heavy atom. The zero-order valence-electron chi connectivity index (χ0n) is 13.8. The number of hydrogen-bond acceptors (Lipinski definition) is 3. The number of carbonyl (C=O) groups excluding carboxylic acids is 1. The van der Waals surface area contributed by atoms with E-state index in [0.29, 0.717) is 11.3 Å². The van der Waals surface area contributed by atoms with Crippen LogP contribution in [0.3, 0.4) is 0 Å². The molecule has 1 amide bonds. The zero-order chi connectivity index (χ0) is 16.3. The van der Waals surface area contributed by atoms with E-state index in [1.807, 2.05) is 52.0 Å². The van der Waals surface area contributed by atoms with Crippen LogP contribution >= 0.6 is 0 Å². The number of furan rings is 1. The smallest absolute Gasteiger partial charge is 0.255 e. The van der Waals surface area contributed by atoms with Gasteiger partial charge in [0, 0.05) is 0 Å². The van der Waals surface area contributed by atoms with Gasteiger partial charge in [0.05, 0.1) is 17.7 Å². The van der Waals surface area contributed by atoms with Gasteiger partial charge in [0.15, 0.2) is 0 Å². The van der Waals surface area contributed by atoms with Crippen LogP contribution in [-0.2, 0) is 0 Å². The number of aryl methyl sites for hydroxylation is 2. The van der Waals surface area contributed by atoms with E-state index >= 15 is 0 Å². The summed E-state index contributed by atoms with van der Waals surface area (Å²) >= 11 is 0. The molecule has 0 radical (unpaired) electrons. The highest BCUT2D eigenvalue weighted by Crippen LogP contribution is 2.20. The Morgan fingerprint density at radius 3 is 2.27 bits per heavy atom. The molecule has 4 nitrogen and oxygen atoms in total. The van der Waals surface area contributed by atoms with Crippen LogP contribution in [0, 0.1) is 13.8 Å². The van der Waals surface area contributed by atoms with Crippen molar-refractivity contribution in [1.29, 1.82) is 0 Å². The summed E-state index contributed by atoms with van der Waals surface area (Å²) in [5, 5.41) is 2.99. The molecule has 0 saturated carbocycles. The number of rotatable bonds is 5. The van der Waals surface area contributed by atoms with Crippen molar-refractivity contribution in [2.24, 2.45) is 0 Å². The molecule has 0 aliphatic carbocycles. The molecule has 1 N–H and O–H groups in total. The van der Waals surface area contributed by atoms with Crippen LogP contribution in [0.2, 0.25) is 0 Å². The van der Waals surface area contributed by atoms with Crippen molar-refractivity contribution < 1.29 is 13.9 Å². The lowest BCUT2D eigenvalue weighted by molar-refractivity contribution is 0.0938. The fourth-order valence-corrected chi connectivity index (χ4v) is 2.32. The highest BCUT2D eigenvalue weighted by molar-refractivity contribution is 5.95. The van der Waals surface area contributed by atoms with E-state index in [1.54, 1.807) is 13.0 Å². The average Bonchev–Trinajstić information content (AvgIpc) is 2.78. The lowest BCUT2D eigenvalue weighted by atomic mass is 10.1. The molecule has 2 aromatic rings. The van der Waals surface area contributed by atoms with Gasteiger partial charge in [-0.3, -0.25) is 4.79 Å². The third-order valence-corrected chi connectivity index (χ3v) is 3.39. The molecule has 22 heavy (non-hydrogen) atoms. The minimum atomic E-state index is -0.121. The van der Waals surface area contributed by atoms with Crippen molar-refractivity contribution in [1.82, 2.24) is 5.32 Å².